The van der Waals surface area contributed by atoms with Crippen LogP contribution in [-0.4, -0.2) is 26.3 Å². The summed E-state index contributed by atoms with van der Waals surface area (Å²) in [5.41, 5.74) is 5.65. The molecule has 0 atom stereocenters. The second kappa shape index (κ2) is 6.48. The van der Waals surface area contributed by atoms with Crippen molar-refractivity contribution in [3.63, 3.8) is 0 Å². The summed E-state index contributed by atoms with van der Waals surface area (Å²) >= 11 is 0. The quantitative estimate of drug-likeness (QED) is 0.521. The van der Waals surface area contributed by atoms with E-state index in [1.165, 1.54) is 32.4 Å². The van der Waals surface area contributed by atoms with Crippen molar-refractivity contribution in [2.75, 3.05) is 20.0 Å². The molecule has 0 spiro atoms. The lowest BCUT2D eigenvalue weighted by Crippen LogP contribution is -2.11. The minimum absolute atomic E-state index is 0.0175. The smallest absolute Gasteiger partial charge is 0.196 e. The Morgan fingerprint density at radius 1 is 1.17 bits per heavy atom. The number of nitrogens with two attached hydrogens (primary N) is 1. The molecule has 0 aliphatic carbocycles. The highest BCUT2D eigenvalue weighted by molar-refractivity contribution is 6.11. The zero-order valence-corrected chi connectivity index (χ0v) is 13.0. The van der Waals surface area contributed by atoms with E-state index in [2.05, 4.69) is 0 Å². The zero-order valence-electron chi connectivity index (χ0n) is 13.0. The Balaban J connectivity index is 2.58. The van der Waals surface area contributed by atoms with Crippen molar-refractivity contribution in [3.8, 4) is 11.5 Å². The van der Waals surface area contributed by atoms with Crippen LogP contribution in [0.25, 0.3) is 0 Å². The fourth-order valence-corrected chi connectivity index (χ4v) is 2.32. The molecule has 0 fully saturated rings. The minimum atomic E-state index is -0.896. The third-order valence-electron chi connectivity index (χ3n) is 3.53. The second-order valence-electron chi connectivity index (χ2n) is 4.90. The van der Waals surface area contributed by atoms with E-state index in [0.717, 1.165) is 0 Å². The molecule has 2 rings (SSSR count). The molecule has 0 saturated heterocycles. The van der Waals surface area contributed by atoms with Gasteiger partial charge in [0.15, 0.2) is 29.4 Å². The number of halogens is 1. The largest absolute Gasteiger partial charge is 0.493 e. The van der Waals surface area contributed by atoms with Gasteiger partial charge in [0.1, 0.15) is 0 Å². The van der Waals surface area contributed by atoms with Crippen LogP contribution in [-0.2, 0) is 0 Å². The first-order valence-corrected chi connectivity index (χ1v) is 6.75. The fourth-order valence-electron chi connectivity index (χ4n) is 2.32. The molecule has 0 aromatic heterocycles. The van der Waals surface area contributed by atoms with E-state index in [1.54, 1.807) is 13.0 Å². The molecule has 2 aromatic carbocycles. The number of carbonyl (C=O) groups excluding carboxylic acids is 2. The van der Waals surface area contributed by atoms with Gasteiger partial charge in [-0.2, -0.15) is 0 Å². The van der Waals surface area contributed by atoms with Crippen LogP contribution < -0.4 is 15.2 Å². The maximum absolute atomic E-state index is 14.4. The van der Waals surface area contributed by atoms with Gasteiger partial charge in [-0.15, -0.1) is 0 Å². The number of anilines is 1. The molecule has 0 unspecified atom stereocenters. The summed E-state index contributed by atoms with van der Waals surface area (Å²) < 4.78 is 24.7. The van der Waals surface area contributed by atoms with Crippen LogP contribution in [0, 0.1) is 12.7 Å². The van der Waals surface area contributed by atoms with E-state index < -0.39 is 11.6 Å². The van der Waals surface area contributed by atoms with Gasteiger partial charge < -0.3 is 15.2 Å². The number of hydrogen-bond donors (Lipinski definition) is 1. The van der Waals surface area contributed by atoms with Crippen molar-refractivity contribution in [3.05, 3.63) is 52.3 Å². The number of ketones is 1. The van der Waals surface area contributed by atoms with Gasteiger partial charge in [-0.3, -0.25) is 9.59 Å². The van der Waals surface area contributed by atoms with Crippen LogP contribution in [0.1, 0.15) is 31.8 Å². The molecular formula is C17H16FNO4. The molecule has 5 nitrogen and oxygen atoms in total. The second-order valence-corrected chi connectivity index (χ2v) is 4.90. The molecule has 0 amide bonds. The van der Waals surface area contributed by atoms with Gasteiger partial charge in [0.2, 0.25) is 0 Å². The summed E-state index contributed by atoms with van der Waals surface area (Å²) in [4.78, 5) is 23.5. The van der Waals surface area contributed by atoms with Crippen LogP contribution in [0.4, 0.5) is 10.1 Å². The topological polar surface area (TPSA) is 78.6 Å². The summed E-state index contributed by atoms with van der Waals surface area (Å²) in [7, 11) is 2.91. The van der Waals surface area contributed by atoms with Crippen molar-refractivity contribution in [1.29, 1.82) is 0 Å². The first-order chi connectivity index (χ1) is 10.9. The zero-order chi connectivity index (χ0) is 17.1. The molecule has 2 aromatic rings. The number of aldehydes is 1. The molecule has 0 radical (unpaired) electrons. The molecule has 0 heterocycles. The highest BCUT2D eigenvalue weighted by atomic mass is 19.1. The Bertz CT molecular complexity index is 787. The molecule has 2 N–H and O–H groups in total. The van der Waals surface area contributed by atoms with E-state index >= 15 is 0 Å². The van der Waals surface area contributed by atoms with Crippen LogP contribution in [0.3, 0.4) is 0 Å². The van der Waals surface area contributed by atoms with Crippen molar-refractivity contribution < 1.29 is 23.5 Å². The molecule has 0 bridgehead atoms. The summed E-state index contributed by atoms with van der Waals surface area (Å²) in [6, 6.07) is 5.91. The van der Waals surface area contributed by atoms with Gasteiger partial charge in [0, 0.05) is 11.1 Å². The maximum Gasteiger partial charge on any atom is 0.196 e. The van der Waals surface area contributed by atoms with Crippen molar-refractivity contribution in [2.24, 2.45) is 0 Å². The van der Waals surface area contributed by atoms with Gasteiger partial charge in [-0.25, -0.2) is 4.39 Å². The van der Waals surface area contributed by atoms with E-state index in [0.29, 0.717) is 23.3 Å². The Labute approximate surface area is 132 Å². The highest BCUT2D eigenvalue weighted by Gasteiger charge is 2.22. The van der Waals surface area contributed by atoms with Gasteiger partial charge in [0.05, 0.1) is 25.5 Å². The first kappa shape index (κ1) is 16.5. The number of aryl methyl sites for hydroxylation is 1. The average molecular weight is 317 g/mol. The average Bonchev–Trinajstić information content (AvgIpc) is 2.57. The number of carbonyl (C=O) groups is 2. The highest BCUT2D eigenvalue weighted by Crippen LogP contribution is 2.30. The minimum Gasteiger partial charge on any atom is -0.493 e. The van der Waals surface area contributed by atoms with E-state index in [9.17, 15) is 14.0 Å². The number of nitrogen functional groups attached to an aromatic ring is 1. The standard InChI is InChI=1S/C17H16FNO4/c1-9-6-11(8-20)16(19)15(18)14(9)17(21)10-4-5-12(22-2)13(7-10)23-3/h4-8H,19H2,1-3H3. The number of hydrogen-bond acceptors (Lipinski definition) is 5. The third-order valence-corrected chi connectivity index (χ3v) is 3.53. The van der Waals surface area contributed by atoms with Crippen LogP contribution in [0.5, 0.6) is 11.5 Å². The SMILES string of the molecule is COc1ccc(C(=O)c2c(C)cc(C=O)c(N)c2F)cc1OC. The Morgan fingerprint density at radius 3 is 2.39 bits per heavy atom. The summed E-state index contributed by atoms with van der Waals surface area (Å²) in [5.74, 6) is -0.636. The van der Waals surface area contributed by atoms with E-state index in [4.69, 9.17) is 15.2 Å². The van der Waals surface area contributed by atoms with Crippen molar-refractivity contribution in [1.82, 2.24) is 0 Å². The molecule has 0 aliphatic heterocycles. The lowest BCUT2D eigenvalue weighted by atomic mass is 9.95. The predicted molar refractivity (Wildman–Crippen MR) is 83.9 cm³/mol. The third kappa shape index (κ3) is 2.88. The van der Waals surface area contributed by atoms with Crippen molar-refractivity contribution in [2.45, 2.75) is 6.92 Å². The van der Waals surface area contributed by atoms with Crippen LogP contribution in [0.2, 0.25) is 0 Å². The molecule has 0 saturated carbocycles. The lowest BCUT2D eigenvalue weighted by molar-refractivity contribution is 0.103. The maximum atomic E-state index is 14.4. The normalized spacial score (nSPS) is 10.3. The fraction of sp³-hybridized carbons (Fsp3) is 0.176. The molecule has 6 heteroatoms. The van der Waals surface area contributed by atoms with Crippen LogP contribution in [0.15, 0.2) is 24.3 Å². The van der Waals surface area contributed by atoms with E-state index in [1.807, 2.05) is 0 Å². The van der Waals surface area contributed by atoms with E-state index in [-0.39, 0.29) is 22.4 Å². The Hall–Kier alpha value is -2.89. The molecular weight excluding hydrogens is 301 g/mol. The first-order valence-electron chi connectivity index (χ1n) is 6.75. The summed E-state index contributed by atoms with van der Waals surface area (Å²) in [6.07, 6.45) is 0.454. The van der Waals surface area contributed by atoms with Gasteiger partial charge >= 0.3 is 0 Å². The Kier molecular flexibility index (Phi) is 4.64. The van der Waals surface area contributed by atoms with Gasteiger partial charge in [0.25, 0.3) is 0 Å². The molecule has 0 aliphatic rings. The molecule has 23 heavy (non-hydrogen) atoms. The number of methoxy groups -OCH3 is 2. The summed E-state index contributed by atoms with van der Waals surface area (Å²) in [5, 5.41) is 0. The number of ether oxygens (including phenoxy) is 2. The summed E-state index contributed by atoms with van der Waals surface area (Å²) in [6.45, 7) is 1.55. The van der Waals surface area contributed by atoms with Crippen LogP contribution >= 0.6 is 0 Å². The molecule has 120 valence electrons. The monoisotopic (exact) mass is 317 g/mol. The lowest BCUT2D eigenvalue weighted by Gasteiger charge is -2.12. The number of benzene rings is 2. The Morgan fingerprint density at radius 2 is 1.83 bits per heavy atom. The predicted octanol–water partition coefficient (Wildman–Crippen LogP) is 2.78. The van der Waals surface area contributed by atoms with Gasteiger partial charge in [-0.05, 0) is 36.8 Å². The van der Waals surface area contributed by atoms with Gasteiger partial charge in [-0.1, -0.05) is 0 Å². The number of rotatable bonds is 5. The van der Waals surface area contributed by atoms with Crippen molar-refractivity contribution >= 4 is 17.8 Å².